The number of unbranched alkanes of at least 4 members (excludes halogenated alkanes) is 26. The van der Waals surface area contributed by atoms with Gasteiger partial charge in [-0.1, -0.05) is 181 Å². The molecule has 8 N–H and O–H groups in total. The Labute approximate surface area is 390 Å². The van der Waals surface area contributed by atoms with Crippen molar-refractivity contribution >= 4 is 11.9 Å². The van der Waals surface area contributed by atoms with Gasteiger partial charge in [-0.2, -0.15) is 0 Å². The maximum absolute atomic E-state index is 12.4. The summed E-state index contributed by atoms with van der Waals surface area (Å²) in [5.41, 5.74) is -1.13. The summed E-state index contributed by atoms with van der Waals surface area (Å²) < 4.78 is 34.1. The molecule has 384 valence electrons. The Bertz CT molecular complexity index is 1140. The van der Waals surface area contributed by atoms with E-state index in [1.807, 2.05) is 0 Å². The molecule has 16 heteroatoms. The second-order valence-electron chi connectivity index (χ2n) is 18.8. The lowest BCUT2D eigenvalue weighted by atomic mass is 9.92. The van der Waals surface area contributed by atoms with Crippen LogP contribution in [0.3, 0.4) is 0 Å². The predicted molar refractivity (Wildman–Crippen MR) is 245 cm³/mol. The molecule has 65 heavy (non-hydrogen) atoms. The van der Waals surface area contributed by atoms with Crippen LogP contribution in [0.4, 0.5) is 0 Å². The minimum absolute atomic E-state index is 0.0377. The minimum Gasteiger partial charge on any atom is -0.479 e. The summed E-state index contributed by atoms with van der Waals surface area (Å²) >= 11 is 0. The number of carboxylic acids is 2. The van der Waals surface area contributed by atoms with Crippen molar-refractivity contribution in [1.29, 1.82) is 0 Å². The molecule has 0 bridgehead atoms. The van der Waals surface area contributed by atoms with E-state index in [4.69, 9.17) is 28.4 Å². The zero-order chi connectivity index (χ0) is 47.7. The van der Waals surface area contributed by atoms with E-state index < -0.39 is 85.4 Å². The monoisotopic (exact) mass is 937 g/mol. The van der Waals surface area contributed by atoms with Gasteiger partial charge in [0.05, 0.1) is 31.8 Å². The molecule has 2 aliphatic rings. The van der Waals surface area contributed by atoms with Gasteiger partial charge >= 0.3 is 11.9 Å². The van der Waals surface area contributed by atoms with Crippen molar-refractivity contribution in [2.45, 2.75) is 255 Å². The highest BCUT2D eigenvalue weighted by atomic mass is 16.7. The molecule has 2 rings (SSSR count). The van der Waals surface area contributed by atoms with Crippen LogP contribution in [0.15, 0.2) is 0 Å². The molecule has 0 spiro atoms. The van der Waals surface area contributed by atoms with Gasteiger partial charge in [0.1, 0.15) is 36.6 Å². The Morgan fingerprint density at radius 1 is 0.446 bits per heavy atom. The predicted octanol–water partition coefficient (Wildman–Crippen LogP) is 6.79. The Hall–Kier alpha value is -1.54. The van der Waals surface area contributed by atoms with Crippen molar-refractivity contribution in [2.75, 3.05) is 39.6 Å². The Morgan fingerprint density at radius 3 is 1.17 bits per heavy atom. The molecule has 0 aromatic rings. The summed E-state index contributed by atoms with van der Waals surface area (Å²) in [6.07, 6.45) is 14.6. The molecule has 0 amide bonds. The fourth-order valence-corrected chi connectivity index (χ4v) is 8.54. The molecular weight excluding hydrogens is 845 g/mol. The SMILES string of the molecule is CCCCCCCCCCCCCCCCOCC(CO)(COCCCCCCCCCCCCCCCC)CO[C@@H]1O[C@H](C(=O)O)[C@@H](O[C@@H]2O[C@H](C(=O)O)[C@@H](O)[C@H](O)[C@@H]2O)[C@H](O)[C@@H]1O. The van der Waals surface area contributed by atoms with Gasteiger partial charge in [-0.25, -0.2) is 9.59 Å². The lowest BCUT2D eigenvalue weighted by Crippen LogP contribution is -2.66. The fourth-order valence-electron chi connectivity index (χ4n) is 8.54. The van der Waals surface area contributed by atoms with E-state index in [1.165, 1.54) is 141 Å². The molecule has 2 saturated heterocycles. The minimum atomic E-state index is -2.06. The number of aliphatic hydroxyl groups is 6. The third-order valence-corrected chi connectivity index (χ3v) is 12.9. The van der Waals surface area contributed by atoms with Crippen LogP contribution in [0, 0.1) is 5.41 Å². The number of aliphatic carboxylic acids is 2. The lowest BCUT2D eigenvalue weighted by molar-refractivity contribution is -0.352. The standard InChI is InChI=1S/C49H92O16/c1-3-5-7-9-11-13-15-17-19-21-23-25-27-29-31-60-34-49(33-50,35-61-32-30-28-26-24-22-20-18-16-14-12-10-8-6-4-2)36-62-47-41(55)39(53)42(44(65-47)46(58)59)63-48-40(54)37(51)38(52)43(64-48)45(56)57/h37-44,47-48,50-55H,3-36H2,1-2H3,(H,56,57)(H,58,59)/t37-,38-,39+,40-,41-,42-,43-,44-,47+,48+/m0/s1. The highest BCUT2D eigenvalue weighted by Gasteiger charge is 2.54. The first-order valence-electron chi connectivity index (χ1n) is 25.6. The number of ether oxygens (including phenoxy) is 6. The van der Waals surface area contributed by atoms with Crippen LogP contribution >= 0.6 is 0 Å². The van der Waals surface area contributed by atoms with Gasteiger partial charge in [0.15, 0.2) is 24.8 Å². The van der Waals surface area contributed by atoms with Crippen molar-refractivity contribution in [3.05, 3.63) is 0 Å². The normalized spacial score (nSPS) is 26.2. The van der Waals surface area contributed by atoms with E-state index >= 15 is 0 Å². The summed E-state index contributed by atoms with van der Waals surface area (Å²) in [6.45, 7) is 4.72. The Balaban J connectivity index is 1.89. The first-order valence-corrected chi connectivity index (χ1v) is 25.6. The van der Waals surface area contributed by atoms with Crippen LogP contribution in [0.2, 0.25) is 0 Å². The van der Waals surface area contributed by atoms with Crippen molar-refractivity contribution in [1.82, 2.24) is 0 Å². The van der Waals surface area contributed by atoms with Gasteiger partial charge in [0.2, 0.25) is 0 Å². The molecule has 16 nitrogen and oxygen atoms in total. The zero-order valence-electron chi connectivity index (χ0n) is 40.2. The maximum atomic E-state index is 12.4. The molecule has 0 aliphatic carbocycles. The van der Waals surface area contributed by atoms with Gasteiger partial charge in [-0.05, 0) is 12.8 Å². The van der Waals surface area contributed by atoms with Crippen molar-refractivity contribution in [2.24, 2.45) is 5.41 Å². The zero-order valence-corrected chi connectivity index (χ0v) is 40.2. The Morgan fingerprint density at radius 2 is 0.800 bits per heavy atom. The topological polar surface area (TPSA) is 251 Å². The maximum Gasteiger partial charge on any atom is 0.335 e. The van der Waals surface area contributed by atoms with E-state index in [2.05, 4.69) is 13.8 Å². The van der Waals surface area contributed by atoms with Crippen molar-refractivity contribution in [3.8, 4) is 0 Å². The third-order valence-electron chi connectivity index (χ3n) is 12.9. The van der Waals surface area contributed by atoms with E-state index in [0.29, 0.717) is 13.2 Å². The molecule has 0 unspecified atom stereocenters. The number of rotatable bonds is 42. The molecule has 0 aromatic heterocycles. The number of aliphatic hydroxyl groups excluding tert-OH is 6. The summed E-state index contributed by atoms with van der Waals surface area (Å²) in [7, 11) is 0. The summed E-state index contributed by atoms with van der Waals surface area (Å²) in [5.74, 6) is -3.35. The third kappa shape index (κ3) is 24.0. The van der Waals surface area contributed by atoms with Crippen LogP contribution in [-0.2, 0) is 38.0 Å². The molecule has 0 radical (unpaired) electrons. The molecule has 0 saturated carbocycles. The first-order chi connectivity index (χ1) is 31.4. The number of carboxylic acid groups (broad SMARTS) is 2. The summed E-state index contributed by atoms with van der Waals surface area (Å²) in [6, 6.07) is 0. The van der Waals surface area contributed by atoms with E-state index in [1.54, 1.807) is 0 Å². The molecule has 2 heterocycles. The molecule has 10 atom stereocenters. The average molecular weight is 937 g/mol. The van der Waals surface area contributed by atoms with Crippen molar-refractivity contribution < 1.29 is 78.9 Å². The van der Waals surface area contributed by atoms with Gasteiger partial charge in [0.25, 0.3) is 0 Å². The highest BCUT2D eigenvalue weighted by Crippen LogP contribution is 2.31. The van der Waals surface area contributed by atoms with Crippen LogP contribution in [-0.4, -0.2) is 154 Å². The van der Waals surface area contributed by atoms with Crippen LogP contribution in [0.25, 0.3) is 0 Å². The molecule has 2 aliphatic heterocycles. The van der Waals surface area contributed by atoms with Crippen LogP contribution in [0.1, 0.15) is 194 Å². The van der Waals surface area contributed by atoms with Crippen LogP contribution in [0.5, 0.6) is 0 Å². The van der Waals surface area contributed by atoms with Gasteiger partial charge in [-0.3, -0.25) is 0 Å². The van der Waals surface area contributed by atoms with Gasteiger partial charge in [0, 0.05) is 13.2 Å². The molecular formula is C49H92O16. The van der Waals surface area contributed by atoms with Gasteiger partial charge in [-0.15, -0.1) is 0 Å². The first kappa shape index (κ1) is 59.6. The van der Waals surface area contributed by atoms with Crippen LogP contribution < -0.4 is 0 Å². The number of hydrogen-bond acceptors (Lipinski definition) is 14. The molecule has 2 fully saturated rings. The summed E-state index contributed by atoms with van der Waals surface area (Å²) in [5, 5.41) is 83.0. The van der Waals surface area contributed by atoms with E-state index in [0.717, 1.165) is 38.5 Å². The number of carbonyl (C=O) groups is 2. The van der Waals surface area contributed by atoms with Crippen molar-refractivity contribution in [3.63, 3.8) is 0 Å². The second-order valence-corrected chi connectivity index (χ2v) is 18.8. The number of hydrogen-bond donors (Lipinski definition) is 8. The summed E-state index contributed by atoms with van der Waals surface area (Å²) in [4.78, 5) is 23.9. The Kier molecular flexibility index (Phi) is 33.4. The largest absolute Gasteiger partial charge is 0.479 e. The smallest absolute Gasteiger partial charge is 0.335 e. The quantitative estimate of drug-likeness (QED) is 0.0294. The lowest BCUT2D eigenvalue weighted by Gasteiger charge is -2.45. The highest BCUT2D eigenvalue weighted by molar-refractivity contribution is 5.74. The second kappa shape index (κ2) is 36.4. The van der Waals surface area contributed by atoms with E-state index in [9.17, 15) is 50.4 Å². The average Bonchev–Trinajstić information content (AvgIpc) is 3.29. The fraction of sp³-hybridized carbons (Fsp3) is 0.959. The van der Waals surface area contributed by atoms with E-state index in [-0.39, 0.29) is 19.8 Å². The molecule has 0 aromatic carbocycles. The van der Waals surface area contributed by atoms with Gasteiger partial charge < -0.3 is 69.3 Å².